The summed E-state index contributed by atoms with van der Waals surface area (Å²) in [5.41, 5.74) is -0.189. The Labute approximate surface area is 210 Å². The van der Waals surface area contributed by atoms with Gasteiger partial charge in [0.2, 0.25) is 11.8 Å². The van der Waals surface area contributed by atoms with Crippen LogP contribution < -0.4 is 5.32 Å². The SMILES string of the molecule is N#CC1(NC(=O)[C@@H]2C[C@@H](S(=O)(=O)Cc3ccccc3)CN2C(=O)C2(c3ccc(Cl)cc3)CC2)CC1. The maximum atomic E-state index is 13.9. The number of sulfone groups is 1. The number of halogens is 1. The number of rotatable bonds is 7. The second kappa shape index (κ2) is 8.65. The highest BCUT2D eigenvalue weighted by Gasteiger charge is 2.57. The Hall–Kier alpha value is -2.89. The molecule has 2 saturated carbocycles. The quantitative estimate of drug-likeness (QED) is 0.614. The summed E-state index contributed by atoms with van der Waals surface area (Å²) in [6, 6.07) is 17.2. The van der Waals surface area contributed by atoms with Crippen LogP contribution in [0.5, 0.6) is 0 Å². The molecule has 0 spiro atoms. The number of hydrogen-bond acceptors (Lipinski definition) is 5. The van der Waals surface area contributed by atoms with E-state index in [1.165, 1.54) is 4.90 Å². The van der Waals surface area contributed by atoms with E-state index in [1.807, 2.05) is 18.2 Å². The first-order chi connectivity index (χ1) is 16.7. The van der Waals surface area contributed by atoms with Gasteiger partial charge in [-0.3, -0.25) is 9.59 Å². The van der Waals surface area contributed by atoms with Gasteiger partial charge in [0.15, 0.2) is 9.84 Å². The van der Waals surface area contributed by atoms with Gasteiger partial charge in [-0.05, 0) is 55.4 Å². The number of benzene rings is 2. The fourth-order valence-corrected chi connectivity index (χ4v) is 6.84. The minimum Gasteiger partial charge on any atom is -0.336 e. The second-order valence-corrected chi connectivity index (χ2v) is 12.6. The van der Waals surface area contributed by atoms with Gasteiger partial charge < -0.3 is 10.2 Å². The van der Waals surface area contributed by atoms with Crippen LogP contribution in [0.25, 0.3) is 0 Å². The molecule has 0 bridgehead atoms. The van der Waals surface area contributed by atoms with Crippen molar-refractivity contribution in [3.05, 3.63) is 70.7 Å². The van der Waals surface area contributed by atoms with Crippen molar-refractivity contribution in [3.8, 4) is 6.07 Å². The molecule has 35 heavy (non-hydrogen) atoms. The van der Waals surface area contributed by atoms with Crippen molar-refractivity contribution in [2.75, 3.05) is 6.54 Å². The molecule has 0 unspecified atom stereocenters. The van der Waals surface area contributed by atoms with Crippen LogP contribution in [0.15, 0.2) is 54.6 Å². The molecule has 0 aromatic heterocycles. The van der Waals surface area contributed by atoms with Crippen LogP contribution in [0.2, 0.25) is 5.02 Å². The summed E-state index contributed by atoms with van der Waals surface area (Å²) in [4.78, 5) is 28.6. The molecule has 5 rings (SSSR count). The van der Waals surface area contributed by atoms with Gasteiger partial charge in [0.05, 0.1) is 22.5 Å². The molecular weight excluding hydrogens is 486 g/mol. The van der Waals surface area contributed by atoms with Crippen LogP contribution in [-0.4, -0.2) is 48.5 Å². The maximum Gasteiger partial charge on any atom is 0.244 e. The normalized spacial score (nSPS) is 23.8. The summed E-state index contributed by atoms with van der Waals surface area (Å²) >= 11 is 6.03. The summed E-state index contributed by atoms with van der Waals surface area (Å²) in [6.45, 7) is -0.0407. The van der Waals surface area contributed by atoms with Crippen molar-refractivity contribution in [3.63, 3.8) is 0 Å². The molecule has 3 fully saturated rings. The smallest absolute Gasteiger partial charge is 0.244 e. The van der Waals surface area contributed by atoms with Crippen molar-refractivity contribution in [2.24, 2.45) is 0 Å². The molecule has 1 saturated heterocycles. The van der Waals surface area contributed by atoms with Gasteiger partial charge in [0, 0.05) is 11.6 Å². The van der Waals surface area contributed by atoms with Gasteiger partial charge in [-0.15, -0.1) is 0 Å². The summed E-state index contributed by atoms with van der Waals surface area (Å²) in [5, 5.41) is 11.9. The summed E-state index contributed by atoms with van der Waals surface area (Å²) in [5.74, 6) is -0.847. The fourth-order valence-electron chi connectivity index (χ4n) is 4.96. The molecule has 2 atom stereocenters. The van der Waals surface area contributed by atoms with Crippen molar-refractivity contribution in [2.45, 2.75) is 60.1 Å². The molecule has 1 heterocycles. The monoisotopic (exact) mass is 511 g/mol. The number of carbonyl (C=O) groups is 2. The number of nitriles is 1. The first-order valence-electron chi connectivity index (χ1n) is 11.7. The zero-order chi connectivity index (χ0) is 24.8. The van der Waals surface area contributed by atoms with Crippen LogP contribution in [0.1, 0.15) is 43.2 Å². The molecule has 0 radical (unpaired) electrons. The predicted molar refractivity (Wildman–Crippen MR) is 131 cm³/mol. The van der Waals surface area contributed by atoms with Gasteiger partial charge in [-0.2, -0.15) is 5.26 Å². The number of likely N-dealkylation sites (tertiary alicyclic amines) is 1. The van der Waals surface area contributed by atoms with Crippen LogP contribution in [0.4, 0.5) is 0 Å². The van der Waals surface area contributed by atoms with E-state index >= 15 is 0 Å². The van der Waals surface area contributed by atoms with Crippen LogP contribution in [-0.2, 0) is 30.6 Å². The van der Waals surface area contributed by atoms with Crippen LogP contribution in [0.3, 0.4) is 0 Å². The third-order valence-corrected chi connectivity index (χ3v) is 9.77. The van der Waals surface area contributed by atoms with Gasteiger partial charge in [-0.25, -0.2) is 8.42 Å². The largest absolute Gasteiger partial charge is 0.336 e. The first kappa shape index (κ1) is 23.8. The molecule has 9 heteroatoms. The molecule has 1 aliphatic heterocycles. The molecule has 1 N–H and O–H groups in total. The Bertz CT molecular complexity index is 1300. The molecule has 182 valence electrons. The number of amides is 2. The highest BCUT2D eigenvalue weighted by atomic mass is 35.5. The summed E-state index contributed by atoms with van der Waals surface area (Å²) in [7, 11) is -3.63. The van der Waals surface area contributed by atoms with E-state index in [-0.39, 0.29) is 24.6 Å². The van der Waals surface area contributed by atoms with Gasteiger partial charge in [0.25, 0.3) is 0 Å². The van der Waals surface area contributed by atoms with Gasteiger partial charge in [0.1, 0.15) is 11.6 Å². The molecule has 2 aliphatic carbocycles. The lowest BCUT2D eigenvalue weighted by atomic mass is 9.94. The lowest BCUT2D eigenvalue weighted by Gasteiger charge is -2.29. The maximum absolute atomic E-state index is 13.9. The fraction of sp³-hybridized carbons (Fsp3) is 0.423. The molecule has 2 aromatic rings. The second-order valence-electron chi connectivity index (χ2n) is 9.90. The van der Waals surface area contributed by atoms with E-state index in [9.17, 15) is 23.3 Å². The molecule has 2 amide bonds. The van der Waals surface area contributed by atoms with Crippen molar-refractivity contribution < 1.29 is 18.0 Å². The Morgan fingerprint density at radius 1 is 1.06 bits per heavy atom. The minimum atomic E-state index is -3.63. The van der Waals surface area contributed by atoms with E-state index < -0.39 is 38.0 Å². The standard InChI is InChI=1S/C26H26ClN3O4S/c27-20-8-6-19(7-9-20)26(12-13-26)24(32)30-15-21(35(33,34)16-18-4-2-1-3-5-18)14-22(30)23(31)29-25(17-28)10-11-25/h1-9,21-22H,10-16H2,(H,29,31)/t21-,22+/m1/s1. The first-order valence-corrected chi connectivity index (χ1v) is 13.8. The highest BCUT2D eigenvalue weighted by molar-refractivity contribution is 7.91. The van der Waals surface area contributed by atoms with E-state index in [0.29, 0.717) is 36.3 Å². The summed E-state index contributed by atoms with van der Waals surface area (Å²) < 4.78 is 26.7. The minimum absolute atomic E-state index is 0.0188. The Balaban J connectivity index is 1.42. The van der Waals surface area contributed by atoms with E-state index in [2.05, 4.69) is 11.4 Å². The van der Waals surface area contributed by atoms with Crippen molar-refractivity contribution in [1.82, 2.24) is 10.2 Å². The molecule has 2 aromatic carbocycles. The Morgan fingerprint density at radius 2 is 1.71 bits per heavy atom. The van der Waals surface area contributed by atoms with E-state index in [4.69, 9.17) is 11.6 Å². The zero-order valence-corrected chi connectivity index (χ0v) is 20.7. The number of hydrogen-bond donors (Lipinski definition) is 1. The third-order valence-electron chi connectivity index (χ3n) is 7.43. The number of nitrogens with one attached hydrogen (secondary N) is 1. The van der Waals surface area contributed by atoms with Crippen molar-refractivity contribution >= 4 is 33.3 Å². The lowest BCUT2D eigenvalue weighted by molar-refractivity contribution is -0.140. The predicted octanol–water partition coefficient (Wildman–Crippen LogP) is 3.13. The van der Waals surface area contributed by atoms with Gasteiger partial charge in [-0.1, -0.05) is 54.1 Å². The van der Waals surface area contributed by atoms with Crippen molar-refractivity contribution in [1.29, 1.82) is 5.26 Å². The lowest BCUT2D eigenvalue weighted by Crippen LogP contribution is -2.51. The zero-order valence-electron chi connectivity index (χ0n) is 19.1. The summed E-state index contributed by atoms with van der Waals surface area (Å²) in [6.07, 6.45) is 2.38. The van der Waals surface area contributed by atoms with Crippen LogP contribution in [0, 0.1) is 11.3 Å². The topological polar surface area (TPSA) is 107 Å². The van der Waals surface area contributed by atoms with E-state index in [0.717, 1.165) is 5.56 Å². The number of carbonyl (C=O) groups excluding carboxylic acids is 2. The average molecular weight is 512 g/mol. The molecular formula is C26H26ClN3O4S. The molecule has 3 aliphatic rings. The molecule has 7 nitrogen and oxygen atoms in total. The Morgan fingerprint density at radius 3 is 2.29 bits per heavy atom. The van der Waals surface area contributed by atoms with Crippen LogP contribution >= 0.6 is 11.6 Å². The van der Waals surface area contributed by atoms with E-state index in [1.54, 1.807) is 36.4 Å². The number of nitrogens with zero attached hydrogens (tertiary/aromatic N) is 2. The van der Waals surface area contributed by atoms with Gasteiger partial charge >= 0.3 is 0 Å². The average Bonchev–Trinajstić information content (AvgIpc) is 3.76. The highest BCUT2D eigenvalue weighted by Crippen LogP contribution is 2.51. The Kier molecular flexibility index (Phi) is 5.89. The third kappa shape index (κ3) is 4.55.